The Bertz CT molecular complexity index is 677. The maximum Gasteiger partial charge on any atom is 0.387 e. The van der Waals surface area contributed by atoms with Gasteiger partial charge >= 0.3 is 6.61 Å². The normalized spacial score (nSPS) is 25.7. The number of alkyl halides is 2. The van der Waals surface area contributed by atoms with Crippen molar-refractivity contribution in [1.29, 1.82) is 0 Å². The van der Waals surface area contributed by atoms with Gasteiger partial charge in [-0.3, -0.25) is 4.79 Å². The Labute approximate surface area is 152 Å². The van der Waals surface area contributed by atoms with Gasteiger partial charge in [-0.05, 0) is 67.7 Å². The van der Waals surface area contributed by atoms with Crippen molar-refractivity contribution in [2.75, 3.05) is 7.11 Å². The van der Waals surface area contributed by atoms with Crippen LogP contribution in [0.5, 0.6) is 11.5 Å². The summed E-state index contributed by atoms with van der Waals surface area (Å²) in [7, 11) is 1.38. The van der Waals surface area contributed by atoms with Crippen molar-refractivity contribution in [2.24, 2.45) is 17.8 Å². The number of hydrogen-bond acceptors (Lipinski definition) is 3. The first-order valence-corrected chi connectivity index (χ1v) is 9.07. The molecule has 0 saturated heterocycles. The molecular formula is C20H25F2NO3. The van der Waals surface area contributed by atoms with Crippen molar-refractivity contribution < 1.29 is 23.0 Å². The lowest BCUT2D eigenvalue weighted by Crippen LogP contribution is -2.39. The van der Waals surface area contributed by atoms with Crippen molar-refractivity contribution in [3.63, 3.8) is 0 Å². The van der Waals surface area contributed by atoms with Crippen LogP contribution in [-0.4, -0.2) is 25.7 Å². The van der Waals surface area contributed by atoms with E-state index in [2.05, 4.69) is 17.0 Å². The number of methoxy groups -OCH3 is 1. The average Bonchev–Trinajstić information content (AvgIpc) is 3.23. The lowest BCUT2D eigenvalue weighted by Gasteiger charge is -2.28. The number of rotatable bonds is 7. The van der Waals surface area contributed by atoms with Crippen LogP contribution in [0.2, 0.25) is 0 Å². The molecule has 4 unspecified atom stereocenters. The highest BCUT2D eigenvalue weighted by atomic mass is 19.3. The van der Waals surface area contributed by atoms with E-state index in [0.29, 0.717) is 11.5 Å². The molecule has 142 valence electrons. The molecule has 4 atom stereocenters. The first-order valence-electron chi connectivity index (χ1n) is 9.07. The number of benzene rings is 1. The molecule has 1 N–H and O–H groups in total. The van der Waals surface area contributed by atoms with E-state index in [-0.39, 0.29) is 23.4 Å². The van der Waals surface area contributed by atoms with Crippen LogP contribution in [0.4, 0.5) is 8.78 Å². The van der Waals surface area contributed by atoms with Crippen molar-refractivity contribution in [3.05, 3.63) is 29.8 Å². The fraction of sp³-hybridized carbons (Fsp3) is 0.550. The van der Waals surface area contributed by atoms with Crippen LogP contribution >= 0.6 is 0 Å². The minimum absolute atomic E-state index is 0.0333. The number of halogens is 2. The first-order chi connectivity index (χ1) is 12.5. The molecule has 0 aliphatic heterocycles. The summed E-state index contributed by atoms with van der Waals surface area (Å²) < 4.78 is 34.2. The van der Waals surface area contributed by atoms with Gasteiger partial charge < -0.3 is 14.8 Å². The minimum Gasteiger partial charge on any atom is -0.493 e. The number of ether oxygens (including phenoxy) is 2. The second-order valence-electron chi connectivity index (χ2n) is 7.26. The Morgan fingerprint density at radius 1 is 1.27 bits per heavy atom. The summed E-state index contributed by atoms with van der Waals surface area (Å²) in [4.78, 5) is 12.2. The monoisotopic (exact) mass is 365 g/mol. The molecule has 6 heteroatoms. The molecule has 1 amide bonds. The zero-order valence-electron chi connectivity index (χ0n) is 15.1. The molecule has 4 nitrogen and oxygen atoms in total. The van der Waals surface area contributed by atoms with E-state index in [1.54, 1.807) is 18.2 Å². The average molecular weight is 365 g/mol. The molecule has 2 aliphatic rings. The van der Waals surface area contributed by atoms with E-state index < -0.39 is 6.61 Å². The Hall–Kier alpha value is -2.11. The topological polar surface area (TPSA) is 47.6 Å². The van der Waals surface area contributed by atoms with Gasteiger partial charge in [0.05, 0.1) is 7.11 Å². The van der Waals surface area contributed by atoms with Crippen LogP contribution in [0.25, 0.3) is 6.08 Å². The summed E-state index contributed by atoms with van der Waals surface area (Å²) in [6.07, 6.45) is 8.27. The highest BCUT2D eigenvalue weighted by Crippen LogP contribution is 2.49. The van der Waals surface area contributed by atoms with Gasteiger partial charge in [0, 0.05) is 12.1 Å². The van der Waals surface area contributed by atoms with Gasteiger partial charge in [-0.2, -0.15) is 8.78 Å². The molecule has 2 saturated carbocycles. The van der Waals surface area contributed by atoms with Crippen LogP contribution in [0, 0.1) is 17.8 Å². The van der Waals surface area contributed by atoms with Crippen LogP contribution in [0.1, 0.15) is 38.2 Å². The highest BCUT2D eigenvalue weighted by molar-refractivity contribution is 5.92. The summed E-state index contributed by atoms with van der Waals surface area (Å²) in [5.41, 5.74) is 0.672. The standard InChI is InChI=1S/C20H25F2NO3/c1-12(16-10-14-3-6-15(16)9-14)23-19(24)8-5-13-4-7-17(26-20(21)22)18(11-13)25-2/h4-5,7-8,11-12,14-16,20H,3,6,9-10H2,1-2H3,(H,23,24). The van der Waals surface area contributed by atoms with E-state index in [1.165, 1.54) is 44.9 Å². The van der Waals surface area contributed by atoms with Gasteiger partial charge in [0.1, 0.15) is 0 Å². The molecule has 1 aromatic carbocycles. The molecule has 0 heterocycles. The lowest BCUT2D eigenvalue weighted by molar-refractivity contribution is -0.117. The smallest absolute Gasteiger partial charge is 0.387 e. The summed E-state index contributed by atoms with van der Waals surface area (Å²) in [5, 5.41) is 3.06. The van der Waals surface area contributed by atoms with Crippen molar-refractivity contribution in [1.82, 2.24) is 5.32 Å². The van der Waals surface area contributed by atoms with E-state index in [4.69, 9.17) is 4.74 Å². The van der Waals surface area contributed by atoms with Gasteiger partial charge in [-0.15, -0.1) is 0 Å². The Morgan fingerprint density at radius 3 is 2.69 bits per heavy atom. The maximum absolute atomic E-state index is 12.4. The first kappa shape index (κ1) is 18.7. The number of hydrogen-bond donors (Lipinski definition) is 1. The third-order valence-electron chi connectivity index (χ3n) is 5.64. The van der Waals surface area contributed by atoms with Gasteiger partial charge in [0.2, 0.25) is 5.91 Å². The van der Waals surface area contributed by atoms with Crippen molar-refractivity contribution in [3.8, 4) is 11.5 Å². The quantitative estimate of drug-likeness (QED) is 0.735. The fourth-order valence-electron chi connectivity index (χ4n) is 4.44. The van der Waals surface area contributed by atoms with Crippen LogP contribution in [0.3, 0.4) is 0 Å². The predicted octanol–water partition coefficient (Wildman–Crippen LogP) is 4.25. The predicted molar refractivity (Wildman–Crippen MR) is 95.2 cm³/mol. The molecule has 2 aliphatic carbocycles. The Morgan fingerprint density at radius 2 is 2.08 bits per heavy atom. The largest absolute Gasteiger partial charge is 0.493 e. The van der Waals surface area contributed by atoms with E-state index in [0.717, 1.165) is 11.8 Å². The van der Waals surface area contributed by atoms with E-state index in [9.17, 15) is 13.6 Å². The third kappa shape index (κ3) is 4.34. The Kier molecular flexibility index (Phi) is 5.79. The third-order valence-corrected chi connectivity index (χ3v) is 5.64. The molecule has 0 spiro atoms. The second-order valence-corrected chi connectivity index (χ2v) is 7.26. The number of carbonyl (C=O) groups is 1. The zero-order chi connectivity index (χ0) is 18.7. The summed E-state index contributed by atoms with van der Waals surface area (Å²) >= 11 is 0. The molecule has 1 aromatic rings. The van der Waals surface area contributed by atoms with Gasteiger partial charge in [-0.1, -0.05) is 12.5 Å². The second kappa shape index (κ2) is 8.06. The highest BCUT2D eigenvalue weighted by Gasteiger charge is 2.41. The van der Waals surface area contributed by atoms with Gasteiger partial charge in [-0.25, -0.2) is 0 Å². The fourth-order valence-corrected chi connectivity index (χ4v) is 4.44. The SMILES string of the molecule is COc1cc(C=CC(=O)NC(C)C2CC3CCC2C3)ccc1OC(F)F. The molecule has 0 aromatic heterocycles. The molecular weight excluding hydrogens is 340 g/mol. The summed E-state index contributed by atoms with van der Waals surface area (Å²) in [6.45, 7) is -0.834. The van der Waals surface area contributed by atoms with Crippen molar-refractivity contribution >= 4 is 12.0 Å². The number of nitrogens with one attached hydrogen (secondary N) is 1. The Balaban J connectivity index is 1.57. The molecule has 3 rings (SSSR count). The number of amides is 1. The van der Waals surface area contributed by atoms with Crippen LogP contribution < -0.4 is 14.8 Å². The van der Waals surface area contributed by atoms with E-state index in [1.807, 2.05) is 0 Å². The zero-order valence-corrected chi connectivity index (χ0v) is 15.1. The minimum atomic E-state index is -2.91. The maximum atomic E-state index is 12.4. The van der Waals surface area contributed by atoms with Crippen LogP contribution in [0.15, 0.2) is 24.3 Å². The molecule has 2 fully saturated rings. The molecule has 26 heavy (non-hydrogen) atoms. The van der Waals surface area contributed by atoms with Crippen LogP contribution in [-0.2, 0) is 4.79 Å². The number of carbonyl (C=O) groups excluding carboxylic acids is 1. The van der Waals surface area contributed by atoms with Gasteiger partial charge in [0.25, 0.3) is 0 Å². The summed E-state index contributed by atoms with van der Waals surface area (Å²) in [6, 6.07) is 4.73. The number of fused-ring (bicyclic) bond motifs is 2. The summed E-state index contributed by atoms with van der Waals surface area (Å²) in [5.74, 6) is 2.20. The lowest BCUT2D eigenvalue weighted by atomic mass is 9.84. The van der Waals surface area contributed by atoms with Gasteiger partial charge in [0.15, 0.2) is 11.5 Å². The van der Waals surface area contributed by atoms with Crippen molar-refractivity contribution in [2.45, 2.75) is 45.3 Å². The molecule has 2 bridgehead atoms. The molecule has 0 radical (unpaired) electrons. The van der Waals surface area contributed by atoms with E-state index >= 15 is 0 Å².